The molecule has 1 rings (SSSR count). The zero-order valence-electron chi connectivity index (χ0n) is 8.49. The van der Waals surface area contributed by atoms with E-state index in [4.69, 9.17) is 0 Å². The molecule has 3 heteroatoms. The van der Waals surface area contributed by atoms with Gasteiger partial charge in [0.15, 0.2) is 0 Å². The highest BCUT2D eigenvalue weighted by Crippen LogP contribution is 2.39. The third-order valence-corrected chi connectivity index (χ3v) is 2.82. The summed E-state index contributed by atoms with van der Waals surface area (Å²) in [6.07, 6.45) is -2.09. The molecule has 1 unspecified atom stereocenters. The predicted molar refractivity (Wildman–Crippen MR) is 50.8 cm³/mol. The highest BCUT2D eigenvalue weighted by molar-refractivity contribution is 5.18. The summed E-state index contributed by atoms with van der Waals surface area (Å²) in [4.78, 5) is 0. The molecule has 0 aromatic carbocycles. The Balaban J connectivity index is 2.81. The molecular weight excluding hydrogens is 189 g/mol. The molecule has 14 heavy (non-hydrogen) atoms. The smallest absolute Gasteiger partial charge is 0.166 e. The summed E-state index contributed by atoms with van der Waals surface area (Å²) in [6, 6.07) is 0. The van der Waals surface area contributed by atoms with Crippen molar-refractivity contribution in [3.8, 4) is 0 Å². The topological polar surface area (TPSA) is 0 Å². The average Bonchev–Trinajstić information content (AvgIpc) is 2.01. The molecule has 0 heterocycles. The second-order valence-electron chi connectivity index (χ2n) is 4.04. The summed E-state index contributed by atoms with van der Waals surface area (Å²) in [5.41, 5.74) is 0.609. The number of hydrogen-bond donors (Lipinski definition) is 0. The molecule has 0 spiro atoms. The molecule has 0 bridgehead atoms. The van der Waals surface area contributed by atoms with Crippen LogP contribution in [0.5, 0.6) is 0 Å². The lowest BCUT2D eigenvalue weighted by atomic mass is 9.78. The maximum Gasteiger partial charge on any atom is 0.412 e. The van der Waals surface area contributed by atoms with Crippen LogP contribution < -0.4 is 0 Å². The van der Waals surface area contributed by atoms with E-state index in [1.165, 1.54) is 6.08 Å². The van der Waals surface area contributed by atoms with Crippen molar-refractivity contribution in [3.05, 3.63) is 23.8 Å². The van der Waals surface area contributed by atoms with E-state index < -0.39 is 6.18 Å². The van der Waals surface area contributed by atoms with Crippen molar-refractivity contribution in [1.82, 2.24) is 0 Å². The van der Waals surface area contributed by atoms with Gasteiger partial charge in [0.1, 0.15) is 0 Å². The van der Waals surface area contributed by atoms with Crippen LogP contribution in [0.4, 0.5) is 13.2 Å². The van der Waals surface area contributed by atoms with Crippen LogP contribution >= 0.6 is 0 Å². The zero-order chi connectivity index (χ0) is 10.9. The fraction of sp³-hybridized carbons (Fsp3) is 0.636. The molecule has 0 aliphatic heterocycles. The molecule has 1 aliphatic carbocycles. The van der Waals surface area contributed by atoms with E-state index in [0.29, 0.717) is 6.42 Å². The normalized spacial score (nSPS) is 28.5. The Morgan fingerprint density at radius 1 is 1.50 bits per heavy atom. The Bertz CT molecular complexity index is 260. The Morgan fingerprint density at radius 3 is 2.43 bits per heavy atom. The minimum atomic E-state index is -4.14. The van der Waals surface area contributed by atoms with Crippen LogP contribution in [-0.2, 0) is 0 Å². The fourth-order valence-electron chi connectivity index (χ4n) is 2.02. The zero-order valence-corrected chi connectivity index (χ0v) is 8.49. The number of hydrogen-bond acceptors (Lipinski definition) is 0. The van der Waals surface area contributed by atoms with Crippen molar-refractivity contribution in [3.63, 3.8) is 0 Å². The van der Waals surface area contributed by atoms with Gasteiger partial charge in [-0.3, -0.25) is 0 Å². The summed E-state index contributed by atoms with van der Waals surface area (Å²) in [6.45, 7) is 7.51. The molecule has 0 aromatic rings. The molecular formula is C11H15F3. The summed E-state index contributed by atoms with van der Waals surface area (Å²) < 4.78 is 37.1. The van der Waals surface area contributed by atoms with Crippen molar-refractivity contribution < 1.29 is 13.2 Å². The highest BCUT2D eigenvalue weighted by Gasteiger charge is 2.36. The summed E-state index contributed by atoms with van der Waals surface area (Å²) in [5.74, 6) is 0.166. The molecule has 2 atom stereocenters. The molecule has 0 nitrogen and oxygen atoms in total. The summed E-state index contributed by atoms with van der Waals surface area (Å²) in [7, 11) is 0. The summed E-state index contributed by atoms with van der Waals surface area (Å²) >= 11 is 0. The molecule has 0 saturated heterocycles. The van der Waals surface area contributed by atoms with Gasteiger partial charge in [-0.25, -0.2) is 0 Å². The lowest BCUT2D eigenvalue weighted by Crippen LogP contribution is -2.22. The minimum absolute atomic E-state index is 0.0436. The third-order valence-electron chi connectivity index (χ3n) is 2.82. The van der Waals surface area contributed by atoms with Crippen LogP contribution in [0.1, 0.15) is 26.7 Å². The Morgan fingerprint density at radius 2 is 2.07 bits per heavy atom. The van der Waals surface area contributed by atoms with Crippen LogP contribution in [0.3, 0.4) is 0 Å². The maximum absolute atomic E-state index is 12.4. The van der Waals surface area contributed by atoms with Gasteiger partial charge in [-0.1, -0.05) is 25.2 Å². The lowest BCUT2D eigenvalue weighted by Gasteiger charge is -2.29. The minimum Gasteiger partial charge on any atom is -0.166 e. The number of alkyl halides is 3. The quantitative estimate of drug-likeness (QED) is 0.564. The van der Waals surface area contributed by atoms with Crippen LogP contribution in [0.2, 0.25) is 0 Å². The molecule has 0 aromatic heterocycles. The van der Waals surface area contributed by atoms with Crippen LogP contribution in [0, 0.1) is 11.8 Å². The van der Waals surface area contributed by atoms with Gasteiger partial charge in [-0.05, 0) is 31.6 Å². The number of allylic oxidation sites excluding steroid dienone is 3. The Kier molecular flexibility index (Phi) is 3.07. The molecule has 0 amide bonds. The first-order valence-electron chi connectivity index (χ1n) is 4.75. The van der Waals surface area contributed by atoms with Crippen molar-refractivity contribution >= 4 is 0 Å². The van der Waals surface area contributed by atoms with Crippen molar-refractivity contribution in [2.75, 3.05) is 0 Å². The Labute approximate surface area is 82.5 Å². The van der Waals surface area contributed by atoms with E-state index in [0.717, 1.165) is 5.57 Å². The highest BCUT2D eigenvalue weighted by atomic mass is 19.4. The summed E-state index contributed by atoms with van der Waals surface area (Å²) in [5, 5.41) is 0. The van der Waals surface area contributed by atoms with Crippen molar-refractivity contribution in [1.29, 1.82) is 0 Å². The molecule has 0 N–H and O–H groups in total. The van der Waals surface area contributed by atoms with Gasteiger partial charge in [-0.15, -0.1) is 0 Å². The first-order chi connectivity index (χ1) is 6.32. The fourth-order valence-corrected chi connectivity index (χ4v) is 2.02. The largest absolute Gasteiger partial charge is 0.412 e. The van der Waals surface area contributed by atoms with Gasteiger partial charge in [-0.2, -0.15) is 13.2 Å². The predicted octanol–water partition coefficient (Wildman–Crippen LogP) is 4.10. The van der Waals surface area contributed by atoms with Gasteiger partial charge < -0.3 is 0 Å². The second kappa shape index (κ2) is 3.79. The average molecular weight is 204 g/mol. The maximum atomic E-state index is 12.4. The standard InChI is InChI=1S/C11H15F3/c1-7(2)10-5-4-9(6-8(10)3)11(12,13)14/h6,8,10H,1,4-5H2,2-3H3/t8-,10?/m1/s1. The van der Waals surface area contributed by atoms with E-state index in [-0.39, 0.29) is 23.8 Å². The van der Waals surface area contributed by atoms with Crippen molar-refractivity contribution in [2.45, 2.75) is 32.9 Å². The van der Waals surface area contributed by atoms with Gasteiger partial charge in [0.05, 0.1) is 0 Å². The van der Waals surface area contributed by atoms with E-state index in [1.807, 2.05) is 13.8 Å². The Hall–Kier alpha value is -0.730. The SMILES string of the molecule is C=C(C)C1CCC(C(F)(F)F)=C[C@H]1C. The van der Waals surface area contributed by atoms with Crippen LogP contribution in [0.25, 0.3) is 0 Å². The second-order valence-corrected chi connectivity index (χ2v) is 4.04. The van der Waals surface area contributed by atoms with Gasteiger partial charge in [0.2, 0.25) is 0 Å². The molecule has 0 saturated carbocycles. The van der Waals surface area contributed by atoms with Gasteiger partial charge >= 0.3 is 6.18 Å². The van der Waals surface area contributed by atoms with E-state index in [9.17, 15) is 13.2 Å². The van der Waals surface area contributed by atoms with Gasteiger partial charge in [0.25, 0.3) is 0 Å². The van der Waals surface area contributed by atoms with E-state index >= 15 is 0 Å². The first kappa shape index (κ1) is 11.3. The molecule has 1 aliphatic rings. The third kappa shape index (κ3) is 2.40. The van der Waals surface area contributed by atoms with E-state index in [1.54, 1.807) is 0 Å². The van der Waals surface area contributed by atoms with E-state index in [2.05, 4.69) is 6.58 Å². The first-order valence-corrected chi connectivity index (χ1v) is 4.75. The monoisotopic (exact) mass is 204 g/mol. The van der Waals surface area contributed by atoms with Crippen LogP contribution in [0.15, 0.2) is 23.8 Å². The molecule has 0 radical (unpaired) electrons. The molecule has 0 fully saturated rings. The number of rotatable bonds is 1. The number of halogens is 3. The lowest BCUT2D eigenvalue weighted by molar-refractivity contribution is -0.0960. The van der Waals surface area contributed by atoms with Crippen molar-refractivity contribution in [2.24, 2.45) is 11.8 Å². The van der Waals surface area contributed by atoms with Crippen LogP contribution in [-0.4, -0.2) is 6.18 Å². The molecule has 80 valence electrons. The van der Waals surface area contributed by atoms with Gasteiger partial charge in [0, 0.05) is 5.57 Å².